The Bertz CT molecular complexity index is 727. The van der Waals surface area contributed by atoms with E-state index in [9.17, 15) is 14.9 Å². The Labute approximate surface area is 120 Å². The van der Waals surface area contributed by atoms with E-state index in [0.717, 1.165) is 0 Å². The predicted molar refractivity (Wildman–Crippen MR) is 75.0 cm³/mol. The van der Waals surface area contributed by atoms with Crippen LogP contribution >= 0.6 is 0 Å². The Morgan fingerprint density at radius 3 is 2.48 bits per heavy atom. The van der Waals surface area contributed by atoms with Gasteiger partial charge in [-0.25, -0.2) is 0 Å². The van der Waals surface area contributed by atoms with Gasteiger partial charge in [0.05, 0.1) is 10.5 Å². The van der Waals surface area contributed by atoms with E-state index in [2.05, 4.69) is 5.32 Å². The summed E-state index contributed by atoms with van der Waals surface area (Å²) >= 11 is 0. The summed E-state index contributed by atoms with van der Waals surface area (Å²) in [5, 5.41) is 13.5. The van der Waals surface area contributed by atoms with Gasteiger partial charge in [0.25, 0.3) is 11.6 Å². The molecule has 6 nitrogen and oxygen atoms in total. The summed E-state index contributed by atoms with van der Waals surface area (Å²) in [7, 11) is 0. The van der Waals surface area contributed by atoms with Gasteiger partial charge in [-0.3, -0.25) is 14.9 Å². The summed E-state index contributed by atoms with van der Waals surface area (Å²) in [5.74, 6) is 0.250. The number of fused-ring (bicyclic) bond motifs is 1. The fraction of sp³-hybridized carbons (Fsp3) is 0.133. The van der Waals surface area contributed by atoms with Crippen LogP contribution in [0.25, 0.3) is 0 Å². The minimum atomic E-state index is -1.05. The van der Waals surface area contributed by atoms with Gasteiger partial charge < -0.3 is 10.1 Å². The molecule has 1 atom stereocenters. The van der Waals surface area contributed by atoms with Crippen molar-refractivity contribution in [2.24, 2.45) is 0 Å². The zero-order valence-electron chi connectivity index (χ0n) is 11.2. The number of ether oxygens (including phenoxy) is 1. The van der Waals surface area contributed by atoms with Crippen molar-refractivity contribution in [2.45, 2.75) is 12.6 Å². The van der Waals surface area contributed by atoms with Gasteiger partial charge in [0.1, 0.15) is 5.75 Å². The van der Waals surface area contributed by atoms with Crippen LogP contribution in [0.1, 0.15) is 22.8 Å². The summed E-state index contributed by atoms with van der Waals surface area (Å²) in [4.78, 5) is 22.4. The SMILES string of the molecule is C[C@]1(c2ccc([N+](=O)[O-])cc2)NC(=O)c2ccccc2O1. The van der Waals surface area contributed by atoms with E-state index in [4.69, 9.17) is 4.74 Å². The first-order chi connectivity index (χ1) is 9.99. The van der Waals surface area contributed by atoms with Crippen molar-refractivity contribution >= 4 is 11.6 Å². The van der Waals surface area contributed by atoms with Crippen molar-refractivity contribution in [1.82, 2.24) is 5.32 Å². The summed E-state index contributed by atoms with van der Waals surface area (Å²) in [5.41, 5.74) is 0.0401. The molecule has 1 amide bonds. The fourth-order valence-electron chi connectivity index (χ4n) is 2.30. The largest absolute Gasteiger partial charge is 0.463 e. The number of hydrogen-bond donors (Lipinski definition) is 1. The van der Waals surface area contributed by atoms with E-state index >= 15 is 0 Å². The smallest absolute Gasteiger partial charge is 0.269 e. The van der Waals surface area contributed by atoms with Crippen molar-refractivity contribution < 1.29 is 14.5 Å². The van der Waals surface area contributed by atoms with Gasteiger partial charge in [-0.15, -0.1) is 0 Å². The molecule has 2 aromatic rings. The zero-order chi connectivity index (χ0) is 15.0. The molecule has 0 saturated carbocycles. The minimum Gasteiger partial charge on any atom is -0.463 e. The van der Waals surface area contributed by atoms with Crippen molar-refractivity contribution in [1.29, 1.82) is 0 Å². The Morgan fingerprint density at radius 1 is 1.14 bits per heavy atom. The number of nitrogens with one attached hydrogen (secondary N) is 1. The maximum absolute atomic E-state index is 12.2. The highest BCUT2D eigenvalue weighted by Gasteiger charge is 2.37. The third-order valence-corrected chi connectivity index (χ3v) is 3.43. The quantitative estimate of drug-likeness (QED) is 0.678. The molecule has 1 heterocycles. The first kappa shape index (κ1) is 13.1. The molecular formula is C15H12N2O4. The van der Waals surface area contributed by atoms with Crippen molar-refractivity contribution in [3.63, 3.8) is 0 Å². The highest BCUT2D eigenvalue weighted by Crippen LogP contribution is 2.33. The monoisotopic (exact) mass is 284 g/mol. The minimum absolute atomic E-state index is 0.00936. The first-order valence-corrected chi connectivity index (χ1v) is 6.35. The number of amides is 1. The molecule has 0 fully saturated rings. The Kier molecular flexibility index (Phi) is 2.86. The fourth-order valence-corrected chi connectivity index (χ4v) is 2.30. The van der Waals surface area contributed by atoms with E-state index < -0.39 is 10.6 Å². The summed E-state index contributed by atoms with van der Waals surface area (Å²) in [6.45, 7) is 1.71. The Hall–Kier alpha value is -2.89. The molecule has 0 aliphatic carbocycles. The van der Waals surface area contributed by atoms with Crippen molar-refractivity contribution in [2.75, 3.05) is 0 Å². The lowest BCUT2D eigenvalue weighted by molar-refractivity contribution is -0.384. The molecule has 1 N–H and O–H groups in total. The van der Waals surface area contributed by atoms with E-state index in [1.54, 1.807) is 43.3 Å². The lowest BCUT2D eigenvalue weighted by Gasteiger charge is -2.36. The number of nitro groups is 1. The topological polar surface area (TPSA) is 81.5 Å². The van der Waals surface area contributed by atoms with Gasteiger partial charge in [-0.2, -0.15) is 0 Å². The molecule has 6 heteroatoms. The summed E-state index contributed by atoms with van der Waals surface area (Å²) < 4.78 is 5.87. The van der Waals surface area contributed by atoms with Crippen LogP contribution in [0.4, 0.5) is 5.69 Å². The normalized spacial score (nSPS) is 20.1. The number of benzene rings is 2. The van der Waals surface area contributed by atoms with Gasteiger partial charge >= 0.3 is 0 Å². The molecule has 0 bridgehead atoms. The van der Waals surface area contributed by atoms with Gasteiger partial charge in [0.15, 0.2) is 0 Å². The summed E-state index contributed by atoms with van der Waals surface area (Å²) in [6, 6.07) is 12.9. The van der Waals surface area contributed by atoms with Gasteiger partial charge in [-0.05, 0) is 31.2 Å². The van der Waals surface area contributed by atoms with Crippen LogP contribution in [0, 0.1) is 10.1 Å². The highest BCUT2D eigenvalue weighted by atomic mass is 16.6. The first-order valence-electron chi connectivity index (χ1n) is 6.35. The molecule has 0 spiro atoms. The number of nitrogens with zero attached hydrogens (tertiary/aromatic N) is 1. The van der Waals surface area contributed by atoms with Crippen molar-refractivity contribution in [3.8, 4) is 5.75 Å². The van der Waals surface area contributed by atoms with Crippen LogP contribution in [-0.4, -0.2) is 10.8 Å². The number of nitro benzene ring substituents is 1. The molecule has 1 aliphatic heterocycles. The van der Waals surface area contributed by atoms with E-state index in [1.165, 1.54) is 12.1 Å². The molecule has 1 aliphatic rings. The van der Waals surface area contributed by atoms with Crippen LogP contribution < -0.4 is 10.1 Å². The Balaban J connectivity index is 1.99. The number of carbonyl (C=O) groups excluding carboxylic acids is 1. The average Bonchev–Trinajstić information content (AvgIpc) is 2.47. The molecular weight excluding hydrogens is 272 g/mol. The number of non-ortho nitro benzene ring substituents is 1. The van der Waals surface area contributed by atoms with Gasteiger partial charge in [-0.1, -0.05) is 12.1 Å². The van der Waals surface area contributed by atoms with E-state index in [-0.39, 0.29) is 11.6 Å². The standard InChI is InChI=1S/C15H12N2O4/c1-15(10-6-8-11(9-7-10)17(19)20)16-14(18)12-4-2-3-5-13(12)21-15/h2-9H,1H3,(H,16,18)/t15-/m0/s1. The van der Waals surface area contributed by atoms with E-state index in [0.29, 0.717) is 16.9 Å². The zero-order valence-corrected chi connectivity index (χ0v) is 11.2. The lowest BCUT2D eigenvalue weighted by atomic mass is 10.0. The third kappa shape index (κ3) is 2.20. The lowest BCUT2D eigenvalue weighted by Crippen LogP contribution is -2.51. The molecule has 2 aromatic carbocycles. The third-order valence-electron chi connectivity index (χ3n) is 3.43. The van der Waals surface area contributed by atoms with Crippen LogP contribution in [0.2, 0.25) is 0 Å². The van der Waals surface area contributed by atoms with Crippen LogP contribution in [-0.2, 0) is 5.72 Å². The number of rotatable bonds is 2. The molecule has 0 radical (unpaired) electrons. The number of para-hydroxylation sites is 1. The van der Waals surface area contributed by atoms with Crippen molar-refractivity contribution in [3.05, 3.63) is 69.8 Å². The molecule has 21 heavy (non-hydrogen) atoms. The van der Waals surface area contributed by atoms with Crippen LogP contribution in [0.15, 0.2) is 48.5 Å². The maximum atomic E-state index is 12.2. The van der Waals surface area contributed by atoms with Gasteiger partial charge in [0.2, 0.25) is 5.72 Å². The second-order valence-electron chi connectivity index (χ2n) is 4.89. The number of hydrogen-bond acceptors (Lipinski definition) is 4. The molecule has 0 saturated heterocycles. The molecule has 3 rings (SSSR count). The van der Waals surface area contributed by atoms with E-state index in [1.807, 2.05) is 0 Å². The molecule has 0 unspecified atom stereocenters. The summed E-state index contributed by atoms with van der Waals surface area (Å²) in [6.07, 6.45) is 0. The molecule has 106 valence electrons. The second-order valence-corrected chi connectivity index (χ2v) is 4.89. The van der Waals surface area contributed by atoms with Gasteiger partial charge in [0, 0.05) is 17.7 Å². The van der Waals surface area contributed by atoms with Crippen LogP contribution in [0.5, 0.6) is 5.75 Å². The number of carbonyl (C=O) groups is 1. The molecule has 0 aromatic heterocycles. The van der Waals surface area contributed by atoms with Crippen LogP contribution in [0.3, 0.4) is 0 Å². The average molecular weight is 284 g/mol. The second kappa shape index (κ2) is 4.59. The predicted octanol–water partition coefficient (Wildman–Crippen LogP) is 2.59. The highest BCUT2D eigenvalue weighted by molar-refractivity contribution is 5.98. The maximum Gasteiger partial charge on any atom is 0.269 e. The Morgan fingerprint density at radius 2 is 1.81 bits per heavy atom.